The molecule has 2 nitrogen and oxygen atoms in total. The zero-order valence-corrected chi connectivity index (χ0v) is 10.8. The average Bonchev–Trinajstić information content (AvgIpc) is 2.52. The summed E-state index contributed by atoms with van der Waals surface area (Å²) in [7, 11) is 4.25. The molecule has 0 aliphatic heterocycles. The first-order chi connectivity index (χ1) is 7.72. The monoisotopic (exact) mass is 220 g/mol. The van der Waals surface area contributed by atoms with E-state index in [1.807, 2.05) is 0 Å². The summed E-state index contributed by atoms with van der Waals surface area (Å²) in [5.74, 6) is 0. The maximum atomic E-state index is 2.48. The number of nitrogens with zero attached hydrogens (tertiary/aromatic N) is 2. The van der Waals surface area contributed by atoms with E-state index in [1.165, 1.54) is 5.57 Å². The standard InChI is InChI=1S/C14H24N2/c1-4-16(12-11-15(2)3)13-14-9-7-5-6-8-10-14/h5,7-10H,4,6,11-13H2,1-3H3. The molecule has 0 radical (unpaired) electrons. The highest BCUT2D eigenvalue weighted by atomic mass is 15.2. The minimum absolute atomic E-state index is 1.06. The molecule has 0 unspecified atom stereocenters. The van der Waals surface area contributed by atoms with E-state index in [9.17, 15) is 0 Å². The van der Waals surface area contributed by atoms with Crippen LogP contribution in [0.15, 0.2) is 36.0 Å². The highest BCUT2D eigenvalue weighted by Crippen LogP contribution is 2.06. The van der Waals surface area contributed by atoms with Gasteiger partial charge in [-0.3, -0.25) is 4.90 Å². The smallest absolute Gasteiger partial charge is 0.0234 e. The molecule has 0 N–H and O–H groups in total. The minimum atomic E-state index is 1.06. The van der Waals surface area contributed by atoms with Gasteiger partial charge in [-0.2, -0.15) is 0 Å². The summed E-state index contributed by atoms with van der Waals surface area (Å²) < 4.78 is 0. The maximum absolute atomic E-state index is 2.48. The number of hydrogen-bond donors (Lipinski definition) is 0. The van der Waals surface area contributed by atoms with Crippen LogP contribution in [0, 0.1) is 0 Å². The van der Waals surface area contributed by atoms with Crippen LogP contribution >= 0.6 is 0 Å². The predicted molar refractivity (Wildman–Crippen MR) is 71.6 cm³/mol. The van der Waals surface area contributed by atoms with E-state index in [2.05, 4.69) is 61.2 Å². The molecule has 0 aromatic heterocycles. The summed E-state index contributed by atoms with van der Waals surface area (Å²) >= 11 is 0. The summed E-state index contributed by atoms with van der Waals surface area (Å²) in [6.45, 7) is 6.67. The van der Waals surface area contributed by atoms with Crippen LogP contribution < -0.4 is 0 Å². The Morgan fingerprint density at radius 3 is 2.69 bits per heavy atom. The van der Waals surface area contributed by atoms with Crippen LogP contribution in [-0.4, -0.2) is 50.1 Å². The maximum Gasteiger partial charge on any atom is 0.0234 e. The molecule has 2 heteroatoms. The molecule has 0 bridgehead atoms. The Morgan fingerprint density at radius 2 is 2.00 bits per heavy atom. The molecule has 0 aromatic rings. The van der Waals surface area contributed by atoms with Gasteiger partial charge in [-0.05, 0) is 32.6 Å². The molecular formula is C14H24N2. The van der Waals surface area contributed by atoms with Crippen molar-refractivity contribution in [2.45, 2.75) is 13.3 Å². The molecular weight excluding hydrogens is 196 g/mol. The molecule has 0 amide bonds. The van der Waals surface area contributed by atoms with Crippen molar-refractivity contribution in [1.29, 1.82) is 0 Å². The lowest BCUT2D eigenvalue weighted by Crippen LogP contribution is -2.32. The van der Waals surface area contributed by atoms with Crippen molar-refractivity contribution in [3.05, 3.63) is 36.0 Å². The van der Waals surface area contributed by atoms with Gasteiger partial charge >= 0.3 is 0 Å². The number of rotatable bonds is 6. The zero-order valence-electron chi connectivity index (χ0n) is 10.8. The summed E-state index contributed by atoms with van der Waals surface area (Å²) in [4.78, 5) is 4.72. The van der Waals surface area contributed by atoms with Gasteiger partial charge in [0.05, 0.1) is 0 Å². The van der Waals surface area contributed by atoms with Crippen LogP contribution in [0.4, 0.5) is 0 Å². The molecule has 16 heavy (non-hydrogen) atoms. The normalized spacial score (nSPS) is 15.7. The Hall–Kier alpha value is -0.860. The van der Waals surface area contributed by atoms with Gasteiger partial charge in [0.1, 0.15) is 0 Å². The van der Waals surface area contributed by atoms with E-state index in [4.69, 9.17) is 0 Å². The lowest BCUT2D eigenvalue weighted by atomic mass is 10.2. The molecule has 0 fully saturated rings. The van der Waals surface area contributed by atoms with Crippen LogP contribution in [0.2, 0.25) is 0 Å². The Morgan fingerprint density at radius 1 is 1.19 bits per heavy atom. The Kier molecular flexibility index (Phi) is 6.12. The molecule has 1 aliphatic rings. The predicted octanol–water partition coefficient (Wildman–Crippen LogP) is 2.31. The highest BCUT2D eigenvalue weighted by Gasteiger charge is 2.04. The molecule has 1 aliphatic carbocycles. The van der Waals surface area contributed by atoms with Crippen molar-refractivity contribution >= 4 is 0 Å². The van der Waals surface area contributed by atoms with Crippen molar-refractivity contribution in [2.24, 2.45) is 0 Å². The highest BCUT2D eigenvalue weighted by molar-refractivity contribution is 5.28. The van der Waals surface area contributed by atoms with Gasteiger partial charge in [0.2, 0.25) is 0 Å². The van der Waals surface area contributed by atoms with Crippen molar-refractivity contribution in [3.63, 3.8) is 0 Å². The lowest BCUT2D eigenvalue weighted by molar-refractivity contribution is 0.268. The molecule has 0 atom stereocenters. The third-order valence-electron chi connectivity index (χ3n) is 2.77. The van der Waals surface area contributed by atoms with Gasteiger partial charge in [-0.1, -0.05) is 37.3 Å². The fourth-order valence-electron chi connectivity index (χ4n) is 1.68. The quantitative estimate of drug-likeness (QED) is 0.678. The summed E-state index contributed by atoms with van der Waals surface area (Å²) in [5, 5.41) is 0. The molecule has 1 rings (SSSR count). The van der Waals surface area contributed by atoms with Crippen molar-refractivity contribution in [3.8, 4) is 0 Å². The number of allylic oxidation sites excluding steroid dienone is 4. The van der Waals surface area contributed by atoms with Crippen LogP contribution in [0.25, 0.3) is 0 Å². The molecule has 0 heterocycles. The summed E-state index contributed by atoms with van der Waals surface area (Å²) in [6, 6.07) is 0. The van der Waals surface area contributed by atoms with Gasteiger partial charge in [0.15, 0.2) is 0 Å². The minimum Gasteiger partial charge on any atom is -0.308 e. The van der Waals surface area contributed by atoms with E-state index < -0.39 is 0 Å². The Balaban J connectivity index is 2.42. The van der Waals surface area contributed by atoms with E-state index in [-0.39, 0.29) is 0 Å². The second-order valence-corrected chi connectivity index (χ2v) is 4.48. The number of hydrogen-bond acceptors (Lipinski definition) is 2. The lowest BCUT2D eigenvalue weighted by Gasteiger charge is -2.22. The van der Waals surface area contributed by atoms with Gasteiger partial charge in [-0.25, -0.2) is 0 Å². The van der Waals surface area contributed by atoms with Crippen LogP contribution in [0.3, 0.4) is 0 Å². The van der Waals surface area contributed by atoms with Crippen LogP contribution in [0.5, 0.6) is 0 Å². The summed E-state index contributed by atoms with van der Waals surface area (Å²) in [6.07, 6.45) is 12.1. The van der Waals surface area contributed by atoms with Gasteiger partial charge < -0.3 is 4.90 Å². The first-order valence-electron chi connectivity index (χ1n) is 6.11. The first-order valence-corrected chi connectivity index (χ1v) is 6.11. The first kappa shape index (κ1) is 13.2. The topological polar surface area (TPSA) is 6.48 Å². The van der Waals surface area contributed by atoms with Crippen LogP contribution in [0.1, 0.15) is 13.3 Å². The van der Waals surface area contributed by atoms with E-state index in [0.717, 1.165) is 32.6 Å². The van der Waals surface area contributed by atoms with E-state index in [0.29, 0.717) is 0 Å². The Bertz CT molecular complexity index is 274. The summed E-state index contributed by atoms with van der Waals surface area (Å²) in [5.41, 5.74) is 1.41. The second-order valence-electron chi connectivity index (χ2n) is 4.48. The van der Waals surface area contributed by atoms with E-state index >= 15 is 0 Å². The van der Waals surface area contributed by atoms with Crippen molar-refractivity contribution in [1.82, 2.24) is 9.80 Å². The molecule has 0 aromatic carbocycles. The van der Waals surface area contributed by atoms with Gasteiger partial charge in [0.25, 0.3) is 0 Å². The largest absolute Gasteiger partial charge is 0.308 e. The van der Waals surface area contributed by atoms with Gasteiger partial charge in [0, 0.05) is 19.6 Å². The van der Waals surface area contributed by atoms with Crippen LogP contribution in [-0.2, 0) is 0 Å². The Labute approximate surface area is 99.9 Å². The SMILES string of the molecule is CCN(CCN(C)C)CC1=CC=CCC=C1. The van der Waals surface area contributed by atoms with Crippen molar-refractivity contribution < 1.29 is 0 Å². The third-order valence-corrected chi connectivity index (χ3v) is 2.77. The molecule has 0 saturated carbocycles. The zero-order chi connectivity index (χ0) is 11.8. The second kappa shape index (κ2) is 7.42. The average molecular weight is 220 g/mol. The number of likely N-dealkylation sites (N-methyl/N-ethyl adjacent to an activating group) is 2. The fraction of sp³-hybridized carbons (Fsp3) is 0.571. The fourth-order valence-corrected chi connectivity index (χ4v) is 1.68. The molecule has 90 valence electrons. The molecule has 0 saturated heterocycles. The van der Waals surface area contributed by atoms with E-state index in [1.54, 1.807) is 0 Å². The third kappa shape index (κ3) is 5.29. The molecule has 0 spiro atoms. The van der Waals surface area contributed by atoms with Gasteiger partial charge in [-0.15, -0.1) is 0 Å². The van der Waals surface area contributed by atoms with Crippen molar-refractivity contribution in [2.75, 3.05) is 40.3 Å².